The number of amides is 2. The molecule has 2 aromatic carbocycles. The molecule has 3 aromatic rings. The first kappa shape index (κ1) is 28.3. The number of nitrogens with zero attached hydrogens (tertiary/aromatic N) is 4. The van der Waals surface area contributed by atoms with Crippen LogP contribution >= 0.6 is 23.2 Å². The molecule has 0 spiro atoms. The fraction of sp³-hybridized carbons (Fsp3) is 0.357. The number of hydrogen-bond donors (Lipinski definition) is 2. The van der Waals surface area contributed by atoms with E-state index < -0.39 is 6.04 Å². The molecule has 0 radical (unpaired) electrons. The van der Waals surface area contributed by atoms with Crippen molar-refractivity contribution in [2.45, 2.75) is 38.6 Å². The molecule has 0 saturated carbocycles. The standard InChI is InChI=1S/C28H30Cl2N6O3/c1-18-13-20-15-21(7-9-25(20)39-18)33-28(32-17-31)34-24-5-3-4-11-36(27(24)38)16-26(37)35(2)12-10-19-6-8-22(29)23(30)14-19/h6-9,13-15,24H,3-5,10-12,16H2,1-2H3,(H2,32,33,34). The van der Waals surface area contributed by atoms with Crippen molar-refractivity contribution in [3.63, 3.8) is 0 Å². The highest BCUT2D eigenvalue weighted by molar-refractivity contribution is 6.42. The van der Waals surface area contributed by atoms with Gasteiger partial charge in [0, 0.05) is 31.2 Å². The number of hydrogen-bond acceptors (Lipinski definition) is 5. The summed E-state index contributed by atoms with van der Waals surface area (Å²) in [6, 6.07) is 12.1. The molecule has 1 saturated heterocycles. The smallest absolute Gasteiger partial charge is 0.247 e. The second-order valence-corrected chi connectivity index (χ2v) is 10.3. The second kappa shape index (κ2) is 12.9. The Bertz CT molecular complexity index is 1430. The monoisotopic (exact) mass is 568 g/mol. The number of aryl methyl sites for hydroxylation is 1. The van der Waals surface area contributed by atoms with Gasteiger partial charge in [-0.3, -0.25) is 14.9 Å². The van der Waals surface area contributed by atoms with E-state index in [0.717, 1.165) is 35.1 Å². The van der Waals surface area contributed by atoms with Gasteiger partial charge >= 0.3 is 0 Å². The molecular formula is C28H30Cl2N6O3. The molecule has 2 N–H and O–H groups in total. The molecule has 0 aliphatic carbocycles. The summed E-state index contributed by atoms with van der Waals surface area (Å²) in [6.45, 7) is 2.79. The topological polar surface area (TPSA) is 114 Å². The molecule has 2 heterocycles. The highest BCUT2D eigenvalue weighted by Crippen LogP contribution is 2.24. The maximum Gasteiger partial charge on any atom is 0.247 e. The number of nitrogens with one attached hydrogen (secondary N) is 2. The largest absolute Gasteiger partial charge is 0.461 e. The Morgan fingerprint density at radius 1 is 1.21 bits per heavy atom. The normalized spacial score (nSPS) is 16.1. The summed E-state index contributed by atoms with van der Waals surface area (Å²) < 4.78 is 5.61. The summed E-state index contributed by atoms with van der Waals surface area (Å²) in [6.07, 6.45) is 4.55. The minimum atomic E-state index is -0.718. The van der Waals surface area contributed by atoms with E-state index in [1.54, 1.807) is 29.0 Å². The molecule has 204 valence electrons. The molecule has 9 nitrogen and oxygen atoms in total. The van der Waals surface area contributed by atoms with Crippen molar-refractivity contribution in [2.75, 3.05) is 32.0 Å². The van der Waals surface area contributed by atoms with E-state index in [1.165, 1.54) is 0 Å². The molecule has 1 aliphatic heterocycles. The number of halogens is 2. The summed E-state index contributed by atoms with van der Waals surface area (Å²) in [5.74, 6) is 0.566. The van der Waals surface area contributed by atoms with Gasteiger partial charge in [0.1, 0.15) is 17.4 Å². The van der Waals surface area contributed by atoms with Crippen LogP contribution in [0.4, 0.5) is 5.69 Å². The number of anilines is 1. The zero-order chi connectivity index (χ0) is 27.9. The number of rotatable bonds is 7. The Labute approximate surface area is 237 Å². The summed E-state index contributed by atoms with van der Waals surface area (Å²) >= 11 is 12.1. The lowest BCUT2D eigenvalue weighted by Crippen LogP contribution is -2.45. The van der Waals surface area contributed by atoms with Gasteiger partial charge in [0.25, 0.3) is 0 Å². The van der Waals surface area contributed by atoms with Gasteiger partial charge in [0.2, 0.25) is 17.8 Å². The quantitative estimate of drug-likeness (QED) is 0.180. The predicted octanol–water partition coefficient (Wildman–Crippen LogP) is 4.97. The van der Waals surface area contributed by atoms with Gasteiger partial charge in [-0.1, -0.05) is 29.3 Å². The highest BCUT2D eigenvalue weighted by atomic mass is 35.5. The Kier molecular flexibility index (Phi) is 9.33. The molecule has 11 heteroatoms. The van der Waals surface area contributed by atoms with E-state index in [4.69, 9.17) is 27.6 Å². The van der Waals surface area contributed by atoms with Crippen molar-refractivity contribution in [1.82, 2.24) is 15.1 Å². The first-order chi connectivity index (χ1) is 18.7. The van der Waals surface area contributed by atoms with Gasteiger partial charge in [-0.2, -0.15) is 5.26 Å². The Balaban J connectivity index is 1.41. The number of likely N-dealkylation sites (N-methyl/N-ethyl adjacent to an activating group) is 1. The third-order valence-corrected chi connectivity index (χ3v) is 7.32. The molecule has 2 amide bonds. The molecule has 1 aromatic heterocycles. The van der Waals surface area contributed by atoms with Gasteiger partial charge < -0.3 is 19.5 Å². The van der Waals surface area contributed by atoms with Gasteiger partial charge in [-0.15, -0.1) is 0 Å². The third kappa shape index (κ3) is 7.43. The van der Waals surface area contributed by atoms with Crippen LogP contribution < -0.4 is 10.6 Å². The Hall–Kier alpha value is -3.74. The van der Waals surface area contributed by atoms with Crippen LogP contribution in [-0.2, 0) is 16.0 Å². The van der Waals surface area contributed by atoms with Crippen LogP contribution in [-0.4, -0.2) is 60.3 Å². The minimum absolute atomic E-state index is 0.0341. The van der Waals surface area contributed by atoms with Gasteiger partial charge in [0.15, 0.2) is 6.19 Å². The van der Waals surface area contributed by atoms with Crippen LogP contribution in [0.15, 0.2) is 51.9 Å². The third-order valence-electron chi connectivity index (χ3n) is 6.59. The van der Waals surface area contributed by atoms with E-state index in [0.29, 0.717) is 41.7 Å². The SMILES string of the molecule is Cc1cc2cc(NC(=NC3CCCCN(CC(=O)N(C)CCc4ccc(Cl)c(Cl)c4)C3=O)NC#N)ccc2o1. The summed E-state index contributed by atoms with van der Waals surface area (Å²) in [5, 5.41) is 16.8. The van der Waals surface area contributed by atoms with Crippen LogP contribution in [0.3, 0.4) is 0 Å². The van der Waals surface area contributed by atoms with Gasteiger partial charge in [0.05, 0.1) is 16.6 Å². The number of nitriles is 1. The van der Waals surface area contributed by atoms with Crippen molar-refractivity contribution < 1.29 is 14.0 Å². The molecule has 1 aliphatic rings. The lowest BCUT2D eigenvalue weighted by Gasteiger charge is -2.25. The van der Waals surface area contributed by atoms with Crippen LogP contribution in [0, 0.1) is 18.4 Å². The average molecular weight is 569 g/mol. The summed E-state index contributed by atoms with van der Waals surface area (Å²) in [7, 11) is 1.72. The number of carbonyl (C=O) groups is 2. The van der Waals surface area contributed by atoms with Crippen LogP contribution in [0.1, 0.15) is 30.6 Å². The van der Waals surface area contributed by atoms with Crippen LogP contribution in [0.25, 0.3) is 11.0 Å². The second-order valence-electron chi connectivity index (χ2n) is 9.53. The number of benzene rings is 2. The Morgan fingerprint density at radius 2 is 2.03 bits per heavy atom. The maximum atomic E-state index is 13.4. The average Bonchev–Trinajstić information content (AvgIpc) is 3.20. The number of carbonyl (C=O) groups excluding carboxylic acids is 2. The zero-order valence-electron chi connectivity index (χ0n) is 21.8. The van der Waals surface area contributed by atoms with Gasteiger partial charge in [-0.05, 0) is 74.6 Å². The molecule has 4 rings (SSSR count). The van der Waals surface area contributed by atoms with E-state index >= 15 is 0 Å². The predicted molar refractivity (Wildman–Crippen MR) is 153 cm³/mol. The fourth-order valence-electron chi connectivity index (χ4n) is 4.46. The molecule has 39 heavy (non-hydrogen) atoms. The lowest BCUT2D eigenvalue weighted by molar-refractivity contribution is -0.140. The van der Waals surface area contributed by atoms with Crippen molar-refractivity contribution in [2.24, 2.45) is 4.99 Å². The maximum absolute atomic E-state index is 13.4. The minimum Gasteiger partial charge on any atom is -0.461 e. The first-order valence-electron chi connectivity index (χ1n) is 12.7. The number of fused-ring (bicyclic) bond motifs is 1. The summed E-state index contributed by atoms with van der Waals surface area (Å²) in [5.41, 5.74) is 2.42. The number of furan rings is 1. The Morgan fingerprint density at radius 3 is 2.79 bits per heavy atom. The van der Waals surface area contributed by atoms with Gasteiger partial charge in [-0.25, -0.2) is 4.99 Å². The number of guanidine groups is 1. The van der Waals surface area contributed by atoms with Crippen molar-refractivity contribution in [3.8, 4) is 6.19 Å². The fourth-order valence-corrected chi connectivity index (χ4v) is 4.78. The van der Waals surface area contributed by atoms with E-state index in [-0.39, 0.29) is 24.3 Å². The molecular weight excluding hydrogens is 539 g/mol. The number of likely N-dealkylation sites (tertiary alicyclic amines) is 1. The van der Waals surface area contributed by atoms with Crippen molar-refractivity contribution in [1.29, 1.82) is 5.26 Å². The van der Waals surface area contributed by atoms with E-state index in [1.807, 2.05) is 43.4 Å². The van der Waals surface area contributed by atoms with Crippen molar-refractivity contribution in [3.05, 3.63) is 63.8 Å². The van der Waals surface area contributed by atoms with Crippen molar-refractivity contribution >= 4 is 57.6 Å². The zero-order valence-corrected chi connectivity index (χ0v) is 23.3. The van der Waals surface area contributed by atoms with E-state index in [2.05, 4.69) is 15.6 Å². The molecule has 1 atom stereocenters. The first-order valence-corrected chi connectivity index (χ1v) is 13.5. The molecule has 1 unspecified atom stereocenters. The van der Waals surface area contributed by atoms with Crippen LogP contribution in [0.2, 0.25) is 10.0 Å². The summed E-state index contributed by atoms with van der Waals surface area (Å²) in [4.78, 5) is 34.1. The molecule has 1 fully saturated rings. The van der Waals surface area contributed by atoms with E-state index in [9.17, 15) is 14.9 Å². The lowest BCUT2D eigenvalue weighted by atomic mass is 10.1. The highest BCUT2D eigenvalue weighted by Gasteiger charge is 2.29. The molecule has 0 bridgehead atoms. The number of aliphatic imine (C=N–C) groups is 1. The van der Waals surface area contributed by atoms with Crippen LogP contribution in [0.5, 0.6) is 0 Å².